The summed E-state index contributed by atoms with van der Waals surface area (Å²) in [5.74, 6) is -2.52. The molecule has 1 aromatic carbocycles. The van der Waals surface area contributed by atoms with E-state index in [1.54, 1.807) is 0 Å². The topological polar surface area (TPSA) is 54.7 Å². The van der Waals surface area contributed by atoms with Gasteiger partial charge in [0.05, 0.1) is 0 Å². The van der Waals surface area contributed by atoms with Gasteiger partial charge in [0.1, 0.15) is 22.9 Å². The smallest absolute Gasteiger partial charge is 0.398 e. The van der Waals surface area contributed by atoms with E-state index in [2.05, 4.69) is 9.97 Å². The van der Waals surface area contributed by atoms with Crippen LogP contribution in [0.25, 0.3) is 11.3 Å². The number of hydrogen-bond donors (Lipinski definition) is 2. The quantitative estimate of drug-likeness (QED) is 0.621. The van der Waals surface area contributed by atoms with Crippen molar-refractivity contribution in [2.45, 2.75) is 13.1 Å². The Hall–Kier alpha value is -2.12. The molecule has 2 rings (SSSR count). The van der Waals surface area contributed by atoms with Crippen molar-refractivity contribution in [3.05, 3.63) is 35.3 Å². The lowest BCUT2D eigenvalue weighted by atomic mass is 10.0. The molecule has 19 heavy (non-hydrogen) atoms. The Morgan fingerprint density at radius 2 is 1.84 bits per heavy atom. The van der Waals surface area contributed by atoms with Crippen molar-refractivity contribution in [2.24, 2.45) is 0 Å². The lowest BCUT2D eigenvalue weighted by molar-refractivity contribution is -0.139. The number of rotatable bonds is 1. The highest BCUT2D eigenvalue weighted by Crippen LogP contribution is 2.39. The van der Waals surface area contributed by atoms with E-state index in [-0.39, 0.29) is 5.82 Å². The largest absolute Gasteiger partial charge is 0.421 e. The SMILES string of the molecule is Cc1nc(-c2ccc(N)c(C(F)(F)F)c2F)c(F)[nH]1. The molecule has 0 fully saturated rings. The number of nitrogens with one attached hydrogen (secondary N) is 1. The molecule has 0 unspecified atom stereocenters. The van der Waals surface area contributed by atoms with E-state index in [0.29, 0.717) is 0 Å². The van der Waals surface area contributed by atoms with Crippen LogP contribution >= 0.6 is 0 Å². The summed E-state index contributed by atoms with van der Waals surface area (Å²) < 4.78 is 65.3. The monoisotopic (exact) mass is 277 g/mol. The van der Waals surface area contributed by atoms with Crippen molar-refractivity contribution >= 4 is 5.69 Å². The van der Waals surface area contributed by atoms with Crippen LogP contribution in [-0.4, -0.2) is 9.97 Å². The molecule has 0 atom stereocenters. The van der Waals surface area contributed by atoms with Gasteiger partial charge in [-0.05, 0) is 19.1 Å². The fraction of sp³-hybridized carbons (Fsp3) is 0.182. The summed E-state index contributed by atoms with van der Waals surface area (Å²) in [6.45, 7) is 1.40. The Kier molecular flexibility index (Phi) is 2.95. The number of hydrogen-bond acceptors (Lipinski definition) is 2. The van der Waals surface area contributed by atoms with Crippen LogP contribution in [0.2, 0.25) is 0 Å². The Labute approximate surface area is 104 Å². The maximum atomic E-state index is 13.9. The Morgan fingerprint density at radius 1 is 1.21 bits per heavy atom. The van der Waals surface area contributed by atoms with Crippen molar-refractivity contribution in [3.8, 4) is 11.3 Å². The van der Waals surface area contributed by atoms with Gasteiger partial charge in [0.15, 0.2) is 0 Å². The highest BCUT2D eigenvalue weighted by Gasteiger charge is 2.38. The highest BCUT2D eigenvalue weighted by molar-refractivity contribution is 5.66. The van der Waals surface area contributed by atoms with E-state index in [0.717, 1.165) is 12.1 Å². The van der Waals surface area contributed by atoms with E-state index in [9.17, 15) is 22.0 Å². The zero-order valence-corrected chi connectivity index (χ0v) is 9.57. The van der Waals surface area contributed by atoms with Crippen LogP contribution in [0, 0.1) is 18.7 Å². The minimum Gasteiger partial charge on any atom is -0.398 e. The van der Waals surface area contributed by atoms with Gasteiger partial charge in [0.2, 0.25) is 5.95 Å². The Bertz CT molecular complexity index is 630. The molecule has 0 aliphatic carbocycles. The number of nitrogens with zero attached hydrogens (tertiary/aromatic N) is 1. The summed E-state index contributed by atoms with van der Waals surface area (Å²) in [7, 11) is 0. The first kappa shape index (κ1) is 13.3. The van der Waals surface area contributed by atoms with E-state index in [1.165, 1.54) is 6.92 Å². The summed E-state index contributed by atoms with van der Waals surface area (Å²) in [4.78, 5) is 5.76. The number of alkyl halides is 3. The highest BCUT2D eigenvalue weighted by atomic mass is 19.4. The number of halogens is 5. The molecular weight excluding hydrogens is 269 g/mol. The number of aryl methyl sites for hydroxylation is 1. The molecule has 0 radical (unpaired) electrons. The number of anilines is 1. The van der Waals surface area contributed by atoms with Gasteiger partial charge in [-0.25, -0.2) is 9.37 Å². The number of imidazole rings is 1. The van der Waals surface area contributed by atoms with Crippen LogP contribution in [0.4, 0.5) is 27.6 Å². The minimum absolute atomic E-state index is 0.122. The number of benzene rings is 1. The molecule has 0 aliphatic rings. The summed E-state index contributed by atoms with van der Waals surface area (Å²) in [6, 6.07) is 1.82. The van der Waals surface area contributed by atoms with Crippen LogP contribution in [0.1, 0.15) is 11.4 Å². The molecule has 0 aliphatic heterocycles. The molecule has 0 bridgehead atoms. The second-order valence-corrected chi connectivity index (χ2v) is 3.87. The summed E-state index contributed by atoms with van der Waals surface area (Å²) in [5.41, 5.74) is 1.63. The van der Waals surface area contributed by atoms with Crippen LogP contribution < -0.4 is 5.73 Å². The van der Waals surface area contributed by atoms with Gasteiger partial charge in [0, 0.05) is 11.3 Å². The zero-order chi connectivity index (χ0) is 14.4. The summed E-state index contributed by atoms with van der Waals surface area (Å²) in [6.07, 6.45) is -4.97. The molecule has 1 heterocycles. The number of nitrogen functional groups attached to an aromatic ring is 1. The molecule has 0 spiro atoms. The molecule has 3 nitrogen and oxygen atoms in total. The first-order valence-corrected chi connectivity index (χ1v) is 5.09. The Morgan fingerprint density at radius 3 is 2.32 bits per heavy atom. The van der Waals surface area contributed by atoms with Gasteiger partial charge in [0.25, 0.3) is 0 Å². The summed E-state index contributed by atoms with van der Waals surface area (Å²) >= 11 is 0. The van der Waals surface area contributed by atoms with Gasteiger partial charge in [-0.1, -0.05) is 0 Å². The van der Waals surface area contributed by atoms with Gasteiger partial charge < -0.3 is 10.7 Å². The van der Waals surface area contributed by atoms with Crippen molar-refractivity contribution in [3.63, 3.8) is 0 Å². The molecule has 0 amide bonds. The van der Waals surface area contributed by atoms with E-state index in [4.69, 9.17) is 5.73 Å². The van der Waals surface area contributed by atoms with Crippen molar-refractivity contribution in [2.75, 3.05) is 5.73 Å². The minimum atomic E-state index is -4.97. The van der Waals surface area contributed by atoms with Gasteiger partial charge in [-0.15, -0.1) is 0 Å². The fourth-order valence-corrected chi connectivity index (χ4v) is 1.70. The molecule has 2 aromatic rings. The third-order valence-electron chi connectivity index (χ3n) is 2.49. The lowest BCUT2D eigenvalue weighted by Gasteiger charge is -2.13. The van der Waals surface area contributed by atoms with Crippen LogP contribution in [0.15, 0.2) is 12.1 Å². The first-order valence-electron chi connectivity index (χ1n) is 5.09. The number of H-pyrrole nitrogens is 1. The van der Waals surface area contributed by atoms with Crippen LogP contribution in [0.5, 0.6) is 0 Å². The average molecular weight is 277 g/mol. The van der Waals surface area contributed by atoms with Crippen molar-refractivity contribution in [1.82, 2.24) is 9.97 Å². The zero-order valence-electron chi connectivity index (χ0n) is 9.57. The standard InChI is InChI=1S/C11H8F5N3/c1-4-18-9(10(13)19-4)5-2-3-6(17)7(8(5)12)11(14,15)16/h2-3H,17H2,1H3,(H,18,19). The van der Waals surface area contributed by atoms with E-state index in [1.807, 2.05) is 0 Å². The number of aromatic nitrogens is 2. The second-order valence-electron chi connectivity index (χ2n) is 3.87. The Balaban J connectivity index is 2.71. The van der Waals surface area contributed by atoms with E-state index < -0.39 is 40.4 Å². The van der Waals surface area contributed by atoms with Gasteiger partial charge in [-0.2, -0.15) is 17.6 Å². The molecule has 8 heteroatoms. The van der Waals surface area contributed by atoms with Gasteiger partial charge >= 0.3 is 6.18 Å². The molecule has 0 saturated carbocycles. The van der Waals surface area contributed by atoms with Crippen LogP contribution in [0.3, 0.4) is 0 Å². The van der Waals surface area contributed by atoms with Gasteiger partial charge in [-0.3, -0.25) is 0 Å². The molecule has 0 saturated heterocycles. The van der Waals surface area contributed by atoms with Crippen molar-refractivity contribution < 1.29 is 22.0 Å². The molecule has 1 aromatic heterocycles. The average Bonchev–Trinajstić information content (AvgIpc) is 2.56. The van der Waals surface area contributed by atoms with E-state index >= 15 is 0 Å². The number of nitrogens with two attached hydrogens (primary N) is 1. The summed E-state index contributed by atoms with van der Waals surface area (Å²) in [5, 5.41) is 0. The third-order valence-corrected chi connectivity index (χ3v) is 2.49. The second kappa shape index (κ2) is 4.22. The fourth-order valence-electron chi connectivity index (χ4n) is 1.70. The maximum Gasteiger partial charge on any atom is 0.421 e. The van der Waals surface area contributed by atoms with Crippen molar-refractivity contribution in [1.29, 1.82) is 0 Å². The first-order chi connectivity index (χ1) is 8.71. The lowest BCUT2D eigenvalue weighted by Crippen LogP contribution is -2.12. The van der Waals surface area contributed by atoms with Crippen LogP contribution in [-0.2, 0) is 6.18 Å². The molecule has 3 N–H and O–H groups in total. The predicted octanol–water partition coefficient (Wildman–Crippen LogP) is 3.26. The molecule has 102 valence electrons. The molecular formula is C11H8F5N3. The normalized spacial score (nSPS) is 11.9. The predicted molar refractivity (Wildman–Crippen MR) is 58.1 cm³/mol. The third kappa shape index (κ3) is 2.25. The maximum absolute atomic E-state index is 13.9. The number of aromatic amines is 1.